The molecule has 2 N–H and O–H groups in total. The van der Waals surface area contributed by atoms with Crippen LogP contribution in [0.3, 0.4) is 0 Å². The quantitative estimate of drug-likeness (QED) is 0.579. The molecule has 1 heterocycles. The lowest BCUT2D eigenvalue weighted by atomic mass is 10.1. The summed E-state index contributed by atoms with van der Waals surface area (Å²) in [5.74, 6) is -0.592. The Morgan fingerprint density at radius 3 is 2.58 bits per heavy atom. The summed E-state index contributed by atoms with van der Waals surface area (Å²) < 4.78 is 0. The molecule has 0 aromatic heterocycles. The van der Waals surface area contributed by atoms with Crippen molar-refractivity contribution in [3.8, 4) is 0 Å². The van der Waals surface area contributed by atoms with Crippen molar-refractivity contribution in [1.82, 2.24) is 4.90 Å². The van der Waals surface area contributed by atoms with E-state index < -0.39 is 5.91 Å². The van der Waals surface area contributed by atoms with Crippen molar-refractivity contribution in [3.05, 3.63) is 4.91 Å². The first kappa shape index (κ1) is 9.28. The molecule has 0 aliphatic carbocycles. The van der Waals surface area contributed by atoms with Crippen LogP contribution in [0, 0.1) is 4.91 Å². The monoisotopic (exact) mass is 171 g/mol. The first-order valence-electron chi connectivity index (χ1n) is 4.06. The Labute approximate surface area is 70.9 Å². The molecule has 1 amide bonds. The van der Waals surface area contributed by atoms with Crippen LogP contribution in [0.1, 0.15) is 12.8 Å². The van der Waals surface area contributed by atoms with E-state index in [1.807, 2.05) is 4.90 Å². The molecule has 1 aliphatic heterocycles. The first-order valence-corrected chi connectivity index (χ1v) is 4.06. The van der Waals surface area contributed by atoms with Crippen molar-refractivity contribution in [2.24, 2.45) is 10.9 Å². The van der Waals surface area contributed by atoms with Gasteiger partial charge in [-0.05, 0) is 12.8 Å². The van der Waals surface area contributed by atoms with Gasteiger partial charge in [0.05, 0.1) is 6.54 Å². The van der Waals surface area contributed by atoms with Crippen molar-refractivity contribution in [2.75, 3.05) is 19.6 Å². The van der Waals surface area contributed by atoms with Gasteiger partial charge < -0.3 is 5.73 Å². The molecule has 0 spiro atoms. The summed E-state index contributed by atoms with van der Waals surface area (Å²) >= 11 is 0. The minimum atomic E-state index is -0.592. The van der Waals surface area contributed by atoms with Gasteiger partial charge in [-0.1, -0.05) is 0 Å². The third-order valence-corrected chi connectivity index (χ3v) is 2.09. The van der Waals surface area contributed by atoms with Gasteiger partial charge in [0, 0.05) is 24.3 Å². The van der Waals surface area contributed by atoms with Crippen LogP contribution in [0.2, 0.25) is 0 Å². The third-order valence-electron chi connectivity index (χ3n) is 2.09. The second-order valence-electron chi connectivity index (χ2n) is 3.10. The van der Waals surface area contributed by atoms with Gasteiger partial charge in [-0.3, -0.25) is 9.69 Å². The van der Waals surface area contributed by atoms with Crippen LogP contribution >= 0.6 is 0 Å². The molecule has 0 saturated carbocycles. The molecule has 1 aliphatic rings. The number of nitroso groups, excluding NO2 is 1. The third kappa shape index (κ3) is 2.67. The summed E-state index contributed by atoms with van der Waals surface area (Å²) in [4.78, 5) is 22.3. The van der Waals surface area contributed by atoms with Crippen molar-refractivity contribution < 1.29 is 4.79 Å². The van der Waals surface area contributed by atoms with Crippen molar-refractivity contribution in [2.45, 2.75) is 18.9 Å². The van der Waals surface area contributed by atoms with Gasteiger partial charge in [-0.2, -0.15) is 0 Å². The highest BCUT2D eigenvalue weighted by Crippen LogP contribution is 2.07. The fraction of sp³-hybridized carbons (Fsp3) is 0.857. The van der Waals surface area contributed by atoms with Crippen LogP contribution in [0.25, 0.3) is 0 Å². The molecule has 5 nitrogen and oxygen atoms in total. The molecular formula is C7H13N3O2. The maximum absolute atomic E-state index is 10.6. The number of amides is 1. The van der Waals surface area contributed by atoms with Gasteiger partial charge in [0.25, 0.3) is 5.91 Å². The number of hydrogen-bond donors (Lipinski definition) is 1. The zero-order valence-corrected chi connectivity index (χ0v) is 6.90. The summed E-state index contributed by atoms with van der Waals surface area (Å²) in [7, 11) is 0. The largest absolute Gasteiger partial charge is 0.328 e. The minimum Gasteiger partial charge on any atom is -0.328 e. The summed E-state index contributed by atoms with van der Waals surface area (Å²) in [6.07, 6.45) is 1.79. The molecule has 1 saturated heterocycles. The highest BCUT2D eigenvalue weighted by atomic mass is 16.3. The van der Waals surface area contributed by atoms with E-state index in [2.05, 4.69) is 5.18 Å². The van der Waals surface area contributed by atoms with E-state index in [-0.39, 0.29) is 12.6 Å². The lowest BCUT2D eigenvalue weighted by Crippen LogP contribution is -2.41. The van der Waals surface area contributed by atoms with Gasteiger partial charge in [-0.15, -0.1) is 4.91 Å². The number of nitrogens with two attached hydrogens (primary N) is 1. The van der Waals surface area contributed by atoms with Gasteiger partial charge in [0.2, 0.25) is 0 Å². The summed E-state index contributed by atoms with van der Waals surface area (Å²) in [6, 6.07) is 0.251. The normalized spacial score (nSPS) is 20.8. The molecule has 68 valence electrons. The van der Waals surface area contributed by atoms with E-state index >= 15 is 0 Å². The number of rotatable bonds is 2. The van der Waals surface area contributed by atoms with Crippen LogP contribution < -0.4 is 5.73 Å². The van der Waals surface area contributed by atoms with E-state index in [0.717, 1.165) is 25.9 Å². The summed E-state index contributed by atoms with van der Waals surface area (Å²) in [5, 5.41) is 2.34. The highest BCUT2D eigenvalue weighted by Gasteiger charge is 2.17. The first-order chi connectivity index (χ1) is 5.72. The van der Waals surface area contributed by atoms with E-state index in [1.54, 1.807) is 0 Å². The van der Waals surface area contributed by atoms with Gasteiger partial charge >= 0.3 is 0 Å². The second kappa shape index (κ2) is 4.27. The van der Waals surface area contributed by atoms with Crippen LogP contribution in [0.4, 0.5) is 0 Å². The predicted octanol–water partition coefficient (Wildman–Crippen LogP) is -0.298. The molecule has 5 heteroatoms. The average molecular weight is 171 g/mol. The minimum absolute atomic E-state index is 0.149. The van der Waals surface area contributed by atoms with Crippen LogP contribution in [0.5, 0.6) is 0 Å². The molecular weight excluding hydrogens is 158 g/mol. The lowest BCUT2D eigenvalue weighted by Gasteiger charge is -2.28. The smallest absolute Gasteiger partial charge is 0.300 e. The number of likely N-dealkylation sites (tertiary alicyclic amines) is 1. The number of carbonyl (C=O) groups is 1. The molecule has 0 unspecified atom stereocenters. The average Bonchev–Trinajstić information content (AvgIpc) is 2.09. The Morgan fingerprint density at radius 2 is 2.08 bits per heavy atom. The van der Waals surface area contributed by atoms with Crippen molar-refractivity contribution in [1.29, 1.82) is 0 Å². The van der Waals surface area contributed by atoms with E-state index in [1.165, 1.54) is 0 Å². The molecule has 0 radical (unpaired) electrons. The molecule has 12 heavy (non-hydrogen) atoms. The molecule has 0 aromatic rings. The fourth-order valence-electron chi connectivity index (χ4n) is 1.33. The SMILES string of the molecule is NC1CCN(CC(=O)N=O)CC1. The van der Waals surface area contributed by atoms with E-state index in [0.29, 0.717) is 0 Å². The van der Waals surface area contributed by atoms with Gasteiger partial charge in [0.15, 0.2) is 0 Å². The number of hydrogen-bond acceptors (Lipinski definition) is 4. The zero-order chi connectivity index (χ0) is 8.97. The number of nitrogens with zero attached hydrogens (tertiary/aromatic N) is 2. The van der Waals surface area contributed by atoms with E-state index in [9.17, 15) is 9.70 Å². The molecule has 0 atom stereocenters. The van der Waals surface area contributed by atoms with E-state index in [4.69, 9.17) is 5.73 Å². The van der Waals surface area contributed by atoms with Crippen LogP contribution in [-0.4, -0.2) is 36.5 Å². The lowest BCUT2D eigenvalue weighted by molar-refractivity contribution is -0.119. The summed E-state index contributed by atoms with van der Waals surface area (Å²) in [6.45, 7) is 1.74. The molecule has 0 bridgehead atoms. The highest BCUT2D eigenvalue weighted by molar-refractivity contribution is 5.78. The topological polar surface area (TPSA) is 75.8 Å². The number of carbonyl (C=O) groups excluding carboxylic acids is 1. The fourth-order valence-corrected chi connectivity index (χ4v) is 1.33. The molecule has 1 rings (SSSR count). The number of piperidine rings is 1. The zero-order valence-electron chi connectivity index (χ0n) is 6.90. The maximum atomic E-state index is 10.6. The predicted molar refractivity (Wildman–Crippen MR) is 44.5 cm³/mol. The Kier molecular flexibility index (Phi) is 3.31. The van der Waals surface area contributed by atoms with Gasteiger partial charge in [0.1, 0.15) is 0 Å². The summed E-state index contributed by atoms with van der Waals surface area (Å²) in [5.41, 5.74) is 5.66. The van der Waals surface area contributed by atoms with Crippen LogP contribution in [-0.2, 0) is 4.79 Å². The standard InChI is InChI=1S/C7H13N3O2/c8-6-1-3-10(4-2-6)5-7(11)9-12/h6H,1-5,8H2. The second-order valence-corrected chi connectivity index (χ2v) is 3.10. The Bertz CT molecular complexity index is 175. The van der Waals surface area contributed by atoms with Crippen molar-refractivity contribution in [3.63, 3.8) is 0 Å². The Hall–Kier alpha value is -0.810. The molecule has 0 aromatic carbocycles. The maximum Gasteiger partial charge on any atom is 0.300 e. The van der Waals surface area contributed by atoms with Crippen molar-refractivity contribution >= 4 is 5.91 Å². The van der Waals surface area contributed by atoms with Crippen LogP contribution in [0.15, 0.2) is 5.18 Å². The Balaban J connectivity index is 2.26. The molecule has 1 fully saturated rings. The Morgan fingerprint density at radius 1 is 1.50 bits per heavy atom. The van der Waals surface area contributed by atoms with Gasteiger partial charge in [-0.25, -0.2) is 0 Å².